The molecule has 1 amide bonds. The first-order chi connectivity index (χ1) is 11.7. The quantitative estimate of drug-likeness (QED) is 0.669. The molecule has 0 saturated heterocycles. The summed E-state index contributed by atoms with van der Waals surface area (Å²) in [5.41, 5.74) is 6.85. The average Bonchev–Trinajstić information content (AvgIpc) is 2.62. The van der Waals surface area contributed by atoms with Gasteiger partial charge < -0.3 is 20.5 Å². The van der Waals surface area contributed by atoms with E-state index in [-0.39, 0.29) is 24.4 Å². The van der Waals surface area contributed by atoms with Gasteiger partial charge in [0.05, 0.1) is 19.3 Å². The van der Waals surface area contributed by atoms with Crippen molar-refractivity contribution in [2.45, 2.75) is 26.0 Å². The van der Waals surface area contributed by atoms with E-state index in [1.807, 2.05) is 37.3 Å². The van der Waals surface area contributed by atoms with Crippen LogP contribution in [0.15, 0.2) is 42.5 Å². The van der Waals surface area contributed by atoms with E-state index < -0.39 is 6.10 Å². The zero-order chi connectivity index (χ0) is 17.4. The predicted molar refractivity (Wildman–Crippen MR) is 103 cm³/mol. The summed E-state index contributed by atoms with van der Waals surface area (Å²) in [4.78, 5) is 12.3. The molecule has 5 nitrogen and oxygen atoms in total. The van der Waals surface area contributed by atoms with Crippen LogP contribution in [0.4, 0.5) is 0 Å². The van der Waals surface area contributed by atoms with Crippen LogP contribution in [0.3, 0.4) is 0 Å². The molecule has 0 saturated carbocycles. The van der Waals surface area contributed by atoms with Crippen molar-refractivity contribution in [1.82, 2.24) is 5.32 Å². The number of amides is 1. The van der Waals surface area contributed by atoms with E-state index >= 15 is 0 Å². The standard InChI is InChI=1S/C19H26N2O3.ClH/c1-3-23-10-11-24-14(2)19(22)21-18(13-20)17-9-8-15-6-4-5-7-16(15)12-17;/h4-9,12,14,18H,3,10-11,13,20H2,1-2H3,(H,21,22);1H. The van der Waals surface area contributed by atoms with Gasteiger partial charge in [0.2, 0.25) is 5.91 Å². The Kier molecular flexibility index (Phi) is 9.45. The van der Waals surface area contributed by atoms with E-state index in [2.05, 4.69) is 17.4 Å². The predicted octanol–water partition coefficient (Wildman–Crippen LogP) is 2.82. The van der Waals surface area contributed by atoms with Gasteiger partial charge >= 0.3 is 0 Å². The number of halogens is 1. The summed E-state index contributed by atoms with van der Waals surface area (Å²) in [7, 11) is 0. The lowest BCUT2D eigenvalue weighted by Gasteiger charge is -2.21. The lowest BCUT2D eigenvalue weighted by atomic mass is 10.0. The van der Waals surface area contributed by atoms with Crippen molar-refractivity contribution in [2.24, 2.45) is 5.73 Å². The highest BCUT2D eigenvalue weighted by Crippen LogP contribution is 2.20. The average molecular weight is 367 g/mol. The van der Waals surface area contributed by atoms with E-state index in [9.17, 15) is 4.79 Å². The highest BCUT2D eigenvalue weighted by molar-refractivity contribution is 5.85. The minimum atomic E-state index is -0.542. The second-order valence-electron chi connectivity index (χ2n) is 5.61. The monoisotopic (exact) mass is 366 g/mol. The first-order valence-electron chi connectivity index (χ1n) is 8.34. The maximum Gasteiger partial charge on any atom is 0.249 e. The number of hydrogen-bond donors (Lipinski definition) is 2. The molecule has 2 aromatic carbocycles. The van der Waals surface area contributed by atoms with E-state index in [1.165, 1.54) is 0 Å². The molecule has 2 unspecified atom stereocenters. The fourth-order valence-electron chi connectivity index (χ4n) is 2.50. The van der Waals surface area contributed by atoms with Crippen LogP contribution in [0, 0.1) is 0 Å². The molecule has 138 valence electrons. The molecule has 0 radical (unpaired) electrons. The second-order valence-corrected chi connectivity index (χ2v) is 5.61. The van der Waals surface area contributed by atoms with Crippen LogP contribution in [0.2, 0.25) is 0 Å². The molecule has 2 rings (SSSR count). The lowest BCUT2D eigenvalue weighted by Crippen LogP contribution is -2.40. The highest BCUT2D eigenvalue weighted by Gasteiger charge is 2.18. The Balaban J connectivity index is 0.00000312. The van der Waals surface area contributed by atoms with E-state index in [4.69, 9.17) is 15.2 Å². The van der Waals surface area contributed by atoms with Crippen molar-refractivity contribution in [3.63, 3.8) is 0 Å². The zero-order valence-corrected chi connectivity index (χ0v) is 15.6. The van der Waals surface area contributed by atoms with Crippen molar-refractivity contribution in [3.8, 4) is 0 Å². The lowest BCUT2D eigenvalue weighted by molar-refractivity contribution is -0.133. The normalized spacial score (nSPS) is 13.1. The number of hydrogen-bond acceptors (Lipinski definition) is 4. The molecule has 25 heavy (non-hydrogen) atoms. The van der Waals surface area contributed by atoms with Crippen LogP contribution >= 0.6 is 12.4 Å². The topological polar surface area (TPSA) is 73.6 Å². The van der Waals surface area contributed by atoms with Gasteiger partial charge in [-0.25, -0.2) is 0 Å². The van der Waals surface area contributed by atoms with Crippen molar-refractivity contribution in [2.75, 3.05) is 26.4 Å². The van der Waals surface area contributed by atoms with Crippen LogP contribution in [-0.4, -0.2) is 38.4 Å². The Labute approximate surface area is 155 Å². The maximum atomic E-state index is 12.3. The van der Waals surface area contributed by atoms with Gasteiger partial charge in [-0.05, 0) is 36.2 Å². The largest absolute Gasteiger partial charge is 0.379 e. The number of ether oxygens (including phenoxy) is 2. The Morgan fingerprint density at radius 1 is 1.16 bits per heavy atom. The van der Waals surface area contributed by atoms with Gasteiger partial charge in [0.1, 0.15) is 6.10 Å². The molecule has 0 heterocycles. The molecule has 0 aliphatic carbocycles. The summed E-state index contributed by atoms with van der Waals surface area (Å²) in [6, 6.07) is 14.0. The number of carbonyl (C=O) groups is 1. The number of benzene rings is 2. The Hall–Kier alpha value is -1.66. The Morgan fingerprint density at radius 3 is 2.56 bits per heavy atom. The van der Waals surface area contributed by atoms with Crippen LogP contribution in [0.25, 0.3) is 10.8 Å². The van der Waals surface area contributed by atoms with Gasteiger partial charge in [-0.3, -0.25) is 4.79 Å². The molecule has 0 fully saturated rings. The molecule has 0 aliphatic rings. The van der Waals surface area contributed by atoms with Gasteiger partial charge in [-0.15, -0.1) is 12.4 Å². The summed E-state index contributed by atoms with van der Waals surface area (Å²) in [6.45, 7) is 5.50. The minimum Gasteiger partial charge on any atom is -0.379 e. The zero-order valence-electron chi connectivity index (χ0n) is 14.7. The number of nitrogens with one attached hydrogen (secondary N) is 1. The maximum absolute atomic E-state index is 12.3. The molecule has 2 atom stereocenters. The van der Waals surface area contributed by atoms with Gasteiger partial charge in [-0.1, -0.05) is 36.4 Å². The highest BCUT2D eigenvalue weighted by atomic mass is 35.5. The smallest absolute Gasteiger partial charge is 0.249 e. The third kappa shape index (κ3) is 6.29. The van der Waals surface area contributed by atoms with Gasteiger partial charge in [0, 0.05) is 13.2 Å². The van der Waals surface area contributed by atoms with Crippen LogP contribution in [0.5, 0.6) is 0 Å². The van der Waals surface area contributed by atoms with Crippen molar-refractivity contribution in [1.29, 1.82) is 0 Å². The molecule has 2 aromatic rings. The molecule has 0 aliphatic heterocycles. The molecule has 6 heteroatoms. The van der Waals surface area contributed by atoms with Gasteiger partial charge in [0.15, 0.2) is 0 Å². The fraction of sp³-hybridized carbons (Fsp3) is 0.421. The van der Waals surface area contributed by atoms with E-state index in [0.717, 1.165) is 16.3 Å². The summed E-state index contributed by atoms with van der Waals surface area (Å²) in [5.74, 6) is -0.171. The van der Waals surface area contributed by atoms with Crippen molar-refractivity contribution < 1.29 is 14.3 Å². The second kappa shape index (κ2) is 11.1. The van der Waals surface area contributed by atoms with Crippen molar-refractivity contribution >= 4 is 29.1 Å². The third-order valence-electron chi connectivity index (χ3n) is 3.90. The summed E-state index contributed by atoms with van der Waals surface area (Å²) in [6.07, 6.45) is -0.542. The van der Waals surface area contributed by atoms with E-state index in [0.29, 0.717) is 26.4 Å². The van der Waals surface area contributed by atoms with E-state index in [1.54, 1.807) is 6.92 Å². The Morgan fingerprint density at radius 2 is 1.88 bits per heavy atom. The molecular weight excluding hydrogens is 340 g/mol. The number of fused-ring (bicyclic) bond motifs is 1. The first kappa shape index (κ1) is 21.4. The van der Waals surface area contributed by atoms with Gasteiger partial charge in [-0.2, -0.15) is 0 Å². The first-order valence-corrected chi connectivity index (χ1v) is 8.34. The molecule has 0 spiro atoms. The van der Waals surface area contributed by atoms with Crippen molar-refractivity contribution in [3.05, 3.63) is 48.0 Å². The molecule has 0 bridgehead atoms. The van der Waals surface area contributed by atoms with Crippen LogP contribution in [0.1, 0.15) is 25.5 Å². The number of nitrogens with two attached hydrogens (primary N) is 1. The molecule has 3 N–H and O–H groups in total. The summed E-state index contributed by atoms with van der Waals surface area (Å²) in [5, 5.41) is 5.25. The van der Waals surface area contributed by atoms with Crippen LogP contribution in [-0.2, 0) is 14.3 Å². The third-order valence-corrected chi connectivity index (χ3v) is 3.90. The number of carbonyl (C=O) groups excluding carboxylic acids is 1. The number of rotatable bonds is 9. The summed E-state index contributed by atoms with van der Waals surface area (Å²) >= 11 is 0. The van der Waals surface area contributed by atoms with Crippen LogP contribution < -0.4 is 11.1 Å². The van der Waals surface area contributed by atoms with Gasteiger partial charge in [0.25, 0.3) is 0 Å². The Bertz CT molecular complexity index is 666. The minimum absolute atomic E-state index is 0. The SMILES string of the molecule is CCOCCOC(C)C(=O)NC(CN)c1ccc2ccccc2c1.Cl. The summed E-state index contributed by atoms with van der Waals surface area (Å²) < 4.78 is 10.7. The molecule has 0 aromatic heterocycles. The fourth-order valence-corrected chi connectivity index (χ4v) is 2.50. The molecular formula is C19H27ClN2O3.